The van der Waals surface area contributed by atoms with Crippen LogP contribution in [0.25, 0.3) is 0 Å². The van der Waals surface area contributed by atoms with Crippen LogP contribution in [0.4, 0.5) is 0 Å². The van der Waals surface area contributed by atoms with E-state index < -0.39 is 0 Å². The maximum absolute atomic E-state index is 11.9. The summed E-state index contributed by atoms with van der Waals surface area (Å²) in [6.45, 7) is 3.27. The summed E-state index contributed by atoms with van der Waals surface area (Å²) in [5, 5.41) is 5.78. The van der Waals surface area contributed by atoms with Crippen molar-refractivity contribution < 1.29 is 14.4 Å². The molecule has 212 valence electrons. The molecule has 0 rings (SSSR count). The molecule has 0 heterocycles. The number of rotatable bonds is 28. The predicted molar refractivity (Wildman–Crippen MR) is 152 cm³/mol. The first-order valence-electron chi connectivity index (χ1n) is 15.4. The number of hydrogen-bond donors (Lipinski definition) is 3. The van der Waals surface area contributed by atoms with Crippen LogP contribution >= 0.6 is 0 Å². The van der Waals surface area contributed by atoms with E-state index in [1.165, 1.54) is 83.5 Å². The third kappa shape index (κ3) is 28.6. The minimum Gasteiger partial charge on any atom is -0.370 e. The lowest BCUT2D eigenvalue weighted by Crippen LogP contribution is -2.34. The third-order valence-corrected chi connectivity index (χ3v) is 6.85. The van der Waals surface area contributed by atoms with E-state index in [1.54, 1.807) is 0 Å². The molecule has 0 radical (unpaired) electrons. The standard InChI is InChI=1S/C30H59N3O3/c1-2-3-4-5-6-7-8-9-10-11-12-13-14-18-21-24-29(35)32-26-27-33-30(36)25-22-19-16-15-17-20-23-28(31)34/h2-27H2,1H3,(H2,31,34)(H,32,35)(H,33,36). The molecule has 6 nitrogen and oxygen atoms in total. The zero-order valence-electron chi connectivity index (χ0n) is 23.7. The summed E-state index contributed by atoms with van der Waals surface area (Å²) >= 11 is 0. The molecule has 0 fully saturated rings. The molecule has 0 aliphatic carbocycles. The number of amides is 3. The fourth-order valence-corrected chi connectivity index (χ4v) is 4.53. The van der Waals surface area contributed by atoms with Crippen LogP contribution in [0.2, 0.25) is 0 Å². The molecule has 0 saturated carbocycles. The van der Waals surface area contributed by atoms with Gasteiger partial charge in [-0.05, 0) is 19.3 Å². The number of nitrogens with two attached hydrogens (primary N) is 1. The Bertz CT molecular complexity index is 526. The van der Waals surface area contributed by atoms with Crippen molar-refractivity contribution in [3.05, 3.63) is 0 Å². The normalized spacial score (nSPS) is 10.9. The highest BCUT2D eigenvalue weighted by molar-refractivity contribution is 5.77. The molecule has 0 bridgehead atoms. The smallest absolute Gasteiger partial charge is 0.220 e. The summed E-state index contributed by atoms with van der Waals surface area (Å²) in [5.74, 6) is -0.0800. The summed E-state index contributed by atoms with van der Waals surface area (Å²) in [5.41, 5.74) is 5.12. The molecular formula is C30H59N3O3. The first kappa shape index (κ1) is 34.4. The largest absolute Gasteiger partial charge is 0.370 e. The number of hydrogen-bond acceptors (Lipinski definition) is 3. The number of carbonyl (C=O) groups excluding carboxylic acids is 3. The van der Waals surface area contributed by atoms with Crippen LogP contribution in [0.1, 0.15) is 161 Å². The maximum atomic E-state index is 11.9. The number of nitrogens with one attached hydrogen (secondary N) is 2. The minimum atomic E-state index is -0.229. The quantitative estimate of drug-likeness (QED) is 0.0981. The molecule has 0 spiro atoms. The Balaban J connectivity index is 3.28. The van der Waals surface area contributed by atoms with E-state index in [9.17, 15) is 14.4 Å². The molecule has 0 atom stereocenters. The molecule has 6 heteroatoms. The van der Waals surface area contributed by atoms with Crippen LogP contribution in [0.5, 0.6) is 0 Å². The Morgan fingerprint density at radius 2 is 0.722 bits per heavy atom. The van der Waals surface area contributed by atoms with Gasteiger partial charge in [0, 0.05) is 32.4 Å². The molecule has 4 N–H and O–H groups in total. The number of unbranched alkanes of at least 4 members (excludes halogenated alkanes) is 19. The van der Waals surface area contributed by atoms with Gasteiger partial charge in [0.05, 0.1) is 0 Å². The lowest BCUT2D eigenvalue weighted by atomic mass is 10.0. The molecule has 0 aromatic carbocycles. The van der Waals surface area contributed by atoms with Gasteiger partial charge in [-0.3, -0.25) is 14.4 Å². The molecule has 0 saturated heterocycles. The van der Waals surface area contributed by atoms with Gasteiger partial charge in [0.25, 0.3) is 0 Å². The van der Waals surface area contributed by atoms with Crippen molar-refractivity contribution in [1.29, 1.82) is 0 Å². The second-order valence-electron chi connectivity index (χ2n) is 10.5. The lowest BCUT2D eigenvalue weighted by Gasteiger charge is -2.07. The van der Waals surface area contributed by atoms with Crippen LogP contribution in [0.15, 0.2) is 0 Å². The Morgan fingerprint density at radius 1 is 0.444 bits per heavy atom. The van der Waals surface area contributed by atoms with Crippen molar-refractivity contribution in [2.45, 2.75) is 161 Å². The second-order valence-corrected chi connectivity index (χ2v) is 10.5. The molecule has 0 aromatic heterocycles. The minimum absolute atomic E-state index is 0.0559. The van der Waals surface area contributed by atoms with Gasteiger partial charge in [-0.2, -0.15) is 0 Å². The molecule has 3 amide bonds. The lowest BCUT2D eigenvalue weighted by molar-refractivity contribution is -0.123. The van der Waals surface area contributed by atoms with E-state index in [-0.39, 0.29) is 17.7 Å². The number of primary amides is 1. The van der Waals surface area contributed by atoms with Crippen molar-refractivity contribution in [3.63, 3.8) is 0 Å². The van der Waals surface area contributed by atoms with Crippen molar-refractivity contribution >= 4 is 17.7 Å². The van der Waals surface area contributed by atoms with Crippen LogP contribution in [-0.4, -0.2) is 30.8 Å². The van der Waals surface area contributed by atoms with E-state index in [4.69, 9.17) is 5.73 Å². The van der Waals surface area contributed by atoms with Gasteiger partial charge in [0.15, 0.2) is 0 Å². The zero-order valence-corrected chi connectivity index (χ0v) is 23.7. The first-order valence-corrected chi connectivity index (χ1v) is 15.4. The monoisotopic (exact) mass is 509 g/mol. The summed E-state index contributed by atoms with van der Waals surface area (Å²) in [7, 11) is 0. The molecule has 0 unspecified atom stereocenters. The molecule has 36 heavy (non-hydrogen) atoms. The van der Waals surface area contributed by atoms with E-state index >= 15 is 0 Å². The summed E-state index contributed by atoms with van der Waals surface area (Å²) in [6.07, 6.45) is 27.5. The molecule has 0 aliphatic rings. The van der Waals surface area contributed by atoms with E-state index in [0.717, 1.165) is 51.4 Å². The Hall–Kier alpha value is -1.59. The van der Waals surface area contributed by atoms with Crippen LogP contribution in [-0.2, 0) is 14.4 Å². The SMILES string of the molecule is CCCCCCCCCCCCCCCCCC(=O)NCCNC(=O)CCCCCCCCC(N)=O. The summed E-state index contributed by atoms with van der Waals surface area (Å²) in [4.78, 5) is 34.4. The fraction of sp³-hybridized carbons (Fsp3) is 0.900. The van der Waals surface area contributed by atoms with Crippen molar-refractivity contribution in [1.82, 2.24) is 10.6 Å². The van der Waals surface area contributed by atoms with E-state index in [2.05, 4.69) is 17.6 Å². The molecular weight excluding hydrogens is 450 g/mol. The van der Waals surface area contributed by atoms with Crippen LogP contribution in [0, 0.1) is 0 Å². The van der Waals surface area contributed by atoms with Crippen LogP contribution in [0.3, 0.4) is 0 Å². The summed E-state index contributed by atoms with van der Waals surface area (Å²) < 4.78 is 0. The van der Waals surface area contributed by atoms with Crippen molar-refractivity contribution in [2.75, 3.05) is 13.1 Å². The van der Waals surface area contributed by atoms with Crippen LogP contribution < -0.4 is 16.4 Å². The Labute approximate surface area is 222 Å². The van der Waals surface area contributed by atoms with E-state index in [1.807, 2.05) is 0 Å². The predicted octanol–water partition coefficient (Wildman–Crippen LogP) is 7.09. The van der Waals surface area contributed by atoms with Gasteiger partial charge in [-0.25, -0.2) is 0 Å². The van der Waals surface area contributed by atoms with Gasteiger partial charge < -0.3 is 16.4 Å². The highest BCUT2D eigenvalue weighted by Crippen LogP contribution is 2.13. The van der Waals surface area contributed by atoms with Gasteiger partial charge in [0.2, 0.25) is 17.7 Å². The number of carbonyl (C=O) groups is 3. The van der Waals surface area contributed by atoms with Gasteiger partial charge in [0.1, 0.15) is 0 Å². The third-order valence-electron chi connectivity index (χ3n) is 6.85. The zero-order chi connectivity index (χ0) is 26.5. The van der Waals surface area contributed by atoms with Gasteiger partial charge in [-0.15, -0.1) is 0 Å². The maximum Gasteiger partial charge on any atom is 0.220 e. The van der Waals surface area contributed by atoms with E-state index in [0.29, 0.717) is 32.4 Å². The second kappa shape index (κ2) is 28.0. The molecule has 0 aliphatic heterocycles. The molecule has 0 aromatic rings. The topological polar surface area (TPSA) is 101 Å². The Kier molecular flexibility index (Phi) is 26.8. The first-order chi connectivity index (χ1) is 17.6. The summed E-state index contributed by atoms with van der Waals surface area (Å²) in [6, 6.07) is 0. The Morgan fingerprint density at radius 3 is 1.03 bits per heavy atom. The highest BCUT2D eigenvalue weighted by atomic mass is 16.2. The fourth-order valence-electron chi connectivity index (χ4n) is 4.53. The van der Waals surface area contributed by atoms with Crippen molar-refractivity contribution in [3.8, 4) is 0 Å². The average Bonchev–Trinajstić information content (AvgIpc) is 2.85. The van der Waals surface area contributed by atoms with Gasteiger partial charge >= 0.3 is 0 Å². The highest BCUT2D eigenvalue weighted by Gasteiger charge is 2.03. The van der Waals surface area contributed by atoms with Gasteiger partial charge in [-0.1, -0.05) is 122 Å². The average molecular weight is 510 g/mol. The van der Waals surface area contributed by atoms with Crippen molar-refractivity contribution in [2.24, 2.45) is 5.73 Å².